The first-order valence-corrected chi connectivity index (χ1v) is 16.3. The summed E-state index contributed by atoms with van der Waals surface area (Å²) in [5.74, 6) is 1.23. The van der Waals surface area contributed by atoms with Crippen molar-refractivity contribution in [1.82, 2.24) is 9.88 Å². The van der Waals surface area contributed by atoms with Gasteiger partial charge in [-0.25, -0.2) is 8.42 Å². The van der Waals surface area contributed by atoms with Gasteiger partial charge in [0.15, 0.2) is 0 Å². The molecule has 0 atom stereocenters. The minimum absolute atomic E-state index is 0.168. The van der Waals surface area contributed by atoms with E-state index in [0.717, 1.165) is 42.2 Å². The molecule has 9 nitrogen and oxygen atoms in total. The number of halogens is 1. The molecule has 1 N–H and O–H groups in total. The van der Waals surface area contributed by atoms with Crippen LogP contribution in [-0.4, -0.2) is 62.5 Å². The molecule has 0 aliphatic carbocycles. The van der Waals surface area contributed by atoms with Gasteiger partial charge in [0.2, 0.25) is 20.2 Å². The van der Waals surface area contributed by atoms with Crippen molar-refractivity contribution >= 4 is 30.6 Å². The van der Waals surface area contributed by atoms with Gasteiger partial charge >= 0.3 is 0 Å². The molecule has 0 unspecified atom stereocenters. The average molecular weight is 601 g/mol. The number of unbranched alkanes of at least 4 members (excludes halogenated alkanes) is 2. The van der Waals surface area contributed by atoms with Gasteiger partial charge in [-0.2, -0.15) is 0 Å². The van der Waals surface area contributed by atoms with Crippen molar-refractivity contribution in [3.63, 3.8) is 0 Å². The van der Waals surface area contributed by atoms with Gasteiger partial charge in [0.1, 0.15) is 24.4 Å². The van der Waals surface area contributed by atoms with Crippen molar-refractivity contribution in [3.8, 4) is 11.5 Å². The Hall–Kier alpha value is -2.66. The fourth-order valence-electron chi connectivity index (χ4n) is 3.24. The molecule has 0 saturated carbocycles. The molecule has 0 aliphatic rings. The minimum Gasteiger partial charge on any atom is -0.493 e. The molecule has 0 saturated heterocycles. The predicted molar refractivity (Wildman–Crippen MR) is 163 cm³/mol. The molecule has 0 fully saturated rings. The lowest BCUT2D eigenvalue weighted by Crippen LogP contribution is -2.21. The first-order valence-electron chi connectivity index (χ1n) is 13.6. The Bertz CT molecular complexity index is 1210. The maximum absolute atomic E-state index is 11.7. The third-order valence-electron chi connectivity index (χ3n) is 5.26. The van der Waals surface area contributed by atoms with Crippen LogP contribution in [0.1, 0.15) is 59.6 Å². The molecule has 226 valence electrons. The Morgan fingerprint density at radius 3 is 2.00 bits per heavy atom. The first kappa shape index (κ1) is 37.3. The highest BCUT2D eigenvalue weighted by Gasteiger charge is 2.05. The highest BCUT2D eigenvalue weighted by molar-refractivity contribution is 8.13. The monoisotopic (exact) mass is 600 g/mol. The SMILES string of the molecule is CC.CCN(CC)CC.CS(=O)(=O)Cl.O=c1cc(CO)occ1OCCCCCOc1ccnc2ccccc12. The molecule has 0 bridgehead atoms. The second-order valence-electron chi connectivity index (χ2n) is 8.12. The van der Waals surface area contributed by atoms with E-state index in [0.29, 0.717) is 13.2 Å². The van der Waals surface area contributed by atoms with Crippen molar-refractivity contribution in [2.24, 2.45) is 0 Å². The maximum Gasteiger partial charge on any atom is 0.229 e. The first-order chi connectivity index (χ1) is 19.1. The van der Waals surface area contributed by atoms with Crippen molar-refractivity contribution in [2.75, 3.05) is 39.1 Å². The van der Waals surface area contributed by atoms with Gasteiger partial charge < -0.3 is 23.9 Å². The maximum atomic E-state index is 11.7. The second-order valence-corrected chi connectivity index (χ2v) is 11.2. The normalized spacial score (nSPS) is 10.4. The van der Waals surface area contributed by atoms with E-state index in [1.165, 1.54) is 32.0 Å². The van der Waals surface area contributed by atoms with Crippen molar-refractivity contribution in [2.45, 2.75) is 60.5 Å². The summed E-state index contributed by atoms with van der Waals surface area (Å²) in [6.07, 6.45) is 6.53. The van der Waals surface area contributed by atoms with Crippen LogP contribution >= 0.6 is 10.7 Å². The summed E-state index contributed by atoms with van der Waals surface area (Å²) >= 11 is 0. The Labute approximate surface area is 243 Å². The molecule has 3 aromatic rings. The van der Waals surface area contributed by atoms with Gasteiger partial charge in [-0.1, -0.05) is 46.8 Å². The van der Waals surface area contributed by atoms with E-state index in [9.17, 15) is 13.2 Å². The van der Waals surface area contributed by atoms with Gasteiger partial charge in [-0.15, -0.1) is 0 Å². The van der Waals surface area contributed by atoms with Gasteiger partial charge in [-0.05, 0) is 57.1 Å². The molecule has 1 aromatic carbocycles. The van der Waals surface area contributed by atoms with Crippen LogP contribution in [-0.2, 0) is 15.7 Å². The van der Waals surface area contributed by atoms with Crippen LogP contribution in [0.25, 0.3) is 10.9 Å². The Kier molecular flexibility index (Phi) is 20.6. The molecule has 2 heterocycles. The number of fused-ring (bicyclic) bond motifs is 1. The number of pyridine rings is 1. The zero-order chi connectivity index (χ0) is 30.4. The number of aliphatic hydroxyl groups is 1. The van der Waals surface area contributed by atoms with Crippen LogP contribution in [0.15, 0.2) is 58.1 Å². The van der Waals surface area contributed by atoms with E-state index in [1.807, 2.05) is 44.2 Å². The third-order valence-corrected chi connectivity index (χ3v) is 5.26. The van der Waals surface area contributed by atoms with Crippen LogP contribution in [0.3, 0.4) is 0 Å². The number of aromatic nitrogens is 1. The summed E-state index contributed by atoms with van der Waals surface area (Å²) < 4.78 is 35.1. The molecule has 2 aromatic heterocycles. The molecule has 0 radical (unpaired) electrons. The van der Waals surface area contributed by atoms with Crippen LogP contribution in [0.4, 0.5) is 0 Å². The predicted octanol–water partition coefficient (Wildman–Crippen LogP) is 5.87. The third kappa shape index (κ3) is 17.1. The minimum atomic E-state index is -3.19. The Balaban J connectivity index is 0.000000906. The summed E-state index contributed by atoms with van der Waals surface area (Å²) in [6.45, 7) is 14.9. The van der Waals surface area contributed by atoms with E-state index in [4.69, 9.17) is 19.0 Å². The lowest BCUT2D eigenvalue weighted by atomic mass is 10.2. The van der Waals surface area contributed by atoms with Crippen molar-refractivity contribution in [1.29, 1.82) is 0 Å². The molecular weight excluding hydrogens is 556 g/mol. The zero-order valence-electron chi connectivity index (χ0n) is 24.6. The largest absolute Gasteiger partial charge is 0.493 e. The standard InChI is InChI=1S/C20H21NO5.C6H15N.C2H6.CH3ClO2S/c22-13-15-12-18(23)20(14-26-15)25-11-5-1-4-10-24-19-8-9-21-17-7-3-2-6-16(17)19;1-4-7(5-2)6-3;1-2;1-5(2,3)4/h2-3,6-9,12,14,22H,1,4-5,10-11,13H2;4-6H2,1-3H3;1-2H3;1H3. The number of nitrogens with zero attached hydrogens (tertiary/aromatic N) is 2. The Morgan fingerprint density at radius 1 is 0.950 bits per heavy atom. The van der Waals surface area contributed by atoms with E-state index in [-0.39, 0.29) is 23.5 Å². The van der Waals surface area contributed by atoms with Crippen LogP contribution < -0.4 is 14.9 Å². The van der Waals surface area contributed by atoms with Crippen LogP contribution in [0.2, 0.25) is 0 Å². The van der Waals surface area contributed by atoms with E-state index in [1.54, 1.807) is 6.20 Å². The number of hydrogen-bond acceptors (Lipinski definition) is 9. The van der Waals surface area contributed by atoms with Gasteiger partial charge in [0.25, 0.3) is 0 Å². The van der Waals surface area contributed by atoms with E-state index < -0.39 is 9.05 Å². The van der Waals surface area contributed by atoms with E-state index in [2.05, 4.69) is 41.3 Å². The van der Waals surface area contributed by atoms with Gasteiger partial charge in [0.05, 0.1) is 25.0 Å². The highest BCUT2D eigenvalue weighted by Crippen LogP contribution is 2.23. The van der Waals surface area contributed by atoms with E-state index >= 15 is 0 Å². The number of benzene rings is 1. The molecule has 11 heteroatoms. The summed E-state index contributed by atoms with van der Waals surface area (Å²) in [5.41, 5.74) is 0.637. The number of rotatable bonds is 12. The molecule has 0 aliphatic heterocycles. The fraction of sp³-hybridized carbons (Fsp3) is 0.517. The smallest absolute Gasteiger partial charge is 0.229 e. The lowest BCUT2D eigenvalue weighted by Gasteiger charge is -2.13. The summed E-state index contributed by atoms with van der Waals surface area (Å²) in [5, 5.41) is 9.91. The number of ether oxygens (including phenoxy) is 2. The quantitative estimate of drug-likeness (QED) is 0.201. The summed E-state index contributed by atoms with van der Waals surface area (Å²) in [7, 11) is 1.31. The lowest BCUT2D eigenvalue weighted by molar-refractivity contribution is 0.235. The average Bonchev–Trinajstić information content (AvgIpc) is 2.95. The van der Waals surface area contributed by atoms with Gasteiger partial charge in [0, 0.05) is 28.3 Å². The fourth-order valence-corrected chi connectivity index (χ4v) is 3.24. The molecule has 3 rings (SSSR count). The highest BCUT2D eigenvalue weighted by atomic mass is 35.7. The summed E-state index contributed by atoms with van der Waals surface area (Å²) in [4.78, 5) is 18.4. The molecular formula is C29H45ClN2O7S. The molecule has 0 spiro atoms. The Morgan fingerprint density at radius 2 is 1.50 bits per heavy atom. The zero-order valence-corrected chi connectivity index (χ0v) is 26.1. The number of para-hydroxylation sites is 1. The van der Waals surface area contributed by atoms with Crippen LogP contribution in [0, 0.1) is 0 Å². The topological polar surface area (TPSA) is 119 Å². The second kappa shape index (κ2) is 22.1. The van der Waals surface area contributed by atoms with Gasteiger partial charge in [-0.3, -0.25) is 9.78 Å². The molecule has 0 amide bonds. The number of aliphatic hydroxyl groups excluding tert-OH is 1. The van der Waals surface area contributed by atoms with Crippen molar-refractivity contribution < 1.29 is 27.4 Å². The number of hydrogen-bond donors (Lipinski definition) is 1. The summed E-state index contributed by atoms with van der Waals surface area (Å²) in [6, 6.07) is 11.0. The van der Waals surface area contributed by atoms with Crippen molar-refractivity contribution in [3.05, 3.63) is 64.8 Å². The molecule has 40 heavy (non-hydrogen) atoms. The van der Waals surface area contributed by atoms with Crippen LogP contribution in [0.5, 0.6) is 11.5 Å².